The fourth-order valence-electron chi connectivity index (χ4n) is 3.22. The van der Waals surface area contributed by atoms with E-state index in [1.54, 1.807) is 0 Å². The number of hydrogen-bond donors (Lipinski definition) is 1. The number of nitrogens with one attached hydrogen (secondary N) is 1. The van der Waals surface area contributed by atoms with Gasteiger partial charge in [0.1, 0.15) is 11.6 Å². The van der Waals surface area contributed by atoms with Crippen molar-refractivity contribution in [1.29, 1.82) is 0 Å². The van der Waals surface area contributed by atoms with Crippen molar-refractivity contribution < 1.29 is 9.59 Å². The summed E-state index contributed by atoms with van der Waals surface area (Å²) in [6, 6.07) is -0.0669. The molecule has 1 heterocycles. The lowest BCUT2D eigenvalue weighted by molar-refractivity contribution is -0.158. The van der Waals surface area contributed by atoms with Crippen LogP contribution in [0.3, 0.4) is 0 Å². The monoisotopic (exact) mass is 280 g/mol. The van der Waals surface area contributed by atoms with Crippen molar-refractivity contribution in [2.75, 3.05) is 0 Å². The highest BCUT2D eigenvalue weighted by molar-refractivity contribution is 5.99. The van der Waals surface area contributed by atoms with Gasteiger partial charge in [0.25, 0.3) is 0 Å². The summed E-state index contributed by atoms with van der Waals surface area (Å²) in [5, 5.41) is 2.94. The Bertz CT molecular complexity index is 392. The van der Waals surface area contributed by atoms with Crippen molar-refractivity contribution in [3.63, 3.8) is 0 Å². The molecule has 3 unspecified atom stereocenters. The zero-order valence-corrected chi connectivity index (χ0v) is 13.2. The lowest BCUT2D eigenvalue weighted by Gasteiger charge is -2.47. The third kappa shape index (κ3) is 2.70. The molecule has 4 heteroatoms. The van der Waals surface area contributed by atoms with Crippen molar-refractivity contribution in [2.45, 2.75) is 83.8 Å². The Morgan fingerprint density at radius 1 is 1.30 bits per heavy atom. The largest absolute Gasteiger partial charge is 0.340 e. The van der Waals surface area contributed by atoms with E-state index in [4.69, 9.17) is 0 Å². The smallest absolute Gasteiger partial charge is 0.248 e. The molecule has 1 N–H and O–H groups in total. The van der Waals surface area contributed by atoms with Crippen LogP contribution >= 0.6 is 0 Å². The number of nitrogens with zero attached hydrogens (tertiary/aromatic N) is 1. The SMILES string of the molecule is CCC(CC1CC1)N1C(=O)C(C)(CC)NC(=O)C1CC. The molecule has 1 saturated carbocycles. The Morgan fingerprint density at radius 2 is 1.95 bits per heavy atom. The van der Waals surface area contributed by atoms with Gasteiger partial charge in [0.15, 0.2) is 0 Å². The quantitative estimate of drug-likeness (QED) is 0.812. The first kappa shape index (κ1) is 15.3. The van der Waals surface area contributed by atoms with Gasteiger partial charge >= 0.3 is 0 Å². The highest BCUT2D eigenvalue weighted by Gasteiger charge is 2.48. The molecule has 1 saturated heterocycles. The maximum atomic E-state index is 12.9. The zero-order valence-electron chi connectivity index (χ0n) is 13.2. The molecule has 0 bridgehead atoms. The van der Waals surface area contributed by atoms with E-state index in [1.807, 2.05) is 25.7 Å². The van der Waals surface area contributed by atoms with Gasteiger partial charge in [-0.25, -0.2) is 0 Å². The molecule has 20 heavy (non-hydrogen) atoms. The topological polar surface area (TPSA) is 49.4 Å². The summed E-state index contributed by atoms with van der Waals surface area (Å²) >= 11 is 0. The third-order valence-corrected chi connectivity index (χ3v) is 5.00. The van der Waals surface area contributed by atoms with Crippen LogP contribution in [0.4, 0.5) is 0 Å². The van der Waals surface area contributed by atoms with E-state index in [9.17, 15) is 9.59 Å². The van der Waals surface area contributed by atoms with Crippen LogP contribution in [0, 0.1) is 5.92 Å². The van der Waals surface area contributed by atoms with Crippen molar-refractivity contribution in [3.05, 3.63) is 0 Å². The first-order valence-corrected chi connectivity index (χ1v) is 8.11. The number of hydrogen-bond acceptors (Lipinski definition) is 2. The molecule has 0 radical (unpaired) electrons. The lowest BCUT2D eigenvalue weighted by atomic mass is 9.88. The minimum Gasteiger partial charge on any atom is -0.340 e. The molecule has 2 rings (SSSR count). The van der Waals surface area contributed by atoms with Gasteiger partial charge < -0.3 is 10.2 Å². The van der Waals surface area contributed by atoms with Crippen LogP contribution in [0.15, 0.2) is 0 Å². The van der Waals surface area contributed by atoms with Gasteiger partial charge in [-0.1, -0.05) is 33.6 Å². The minimum atomic E-state index is -0.722. The summed E-state index contributed by atoms with van der Waals surface area (Å²) < 4.78 is 0. The number of rotatable bonds is 6. The Labute approximate surface area is 122 Å². The van der Waals surface area contributed by atoms with Crippen LogP contribution in [0.5, 0.6) is 0 Å². The molecular formula is C16H28N2O2. The molecule has 0 aromatic heterocycles. The molecule has 0 aromatic carbocycles. The number of piperazine rings is 1. The Hall–Kier alpha value is -1.06. The van der Waals surface area contributed by atoms with Crippen LogP contribution in [0.25, 0.3) is 0 Å². The van der Waals surface area contributed by atoms with Crippen LogP contribution < -0.4 is 5.32 Å². The van der Waals surface area contributed by atoms with E-state index in [0.29, 0.717) is 12.8 Å². The molecule has 3 atom stereocenters. The van der Waals surface area contributed by atoms with E-state index < -0.39 is 5.54 Å². The van der Waals surface area contributed by atoms with Gasteiger partial charge in [0.2, 0.25) is 11.8 Å². The highest BCUT2D eigenvalue weighted by Crippen LogP contribution is 2.37. The van der Waals surface area contributed by atoms with Gasteiger partial charge in [0, 0.05) is 6.04 Å². The number of carbonyl (C=O) groups excluding carboxylic acids is 2. The van der Waals surface area contributed by atoms with Crippen LogP contribution in [-0.4, -0.2) is 34.3 Å². The number of carbonyl (C=O) groups is 2. The van der Waals surface area contributed by atoms with Gasteiger partial charge in [0.05, 0.1) is 0 Å². The van der Waals surface area contributed by atoms with Gasteiger partial charge in [-0.15, -0.1) is 0 Å². The van der Waals surface area contributed by atoms with Gasteiger partial charge in [-0.2, -0.15) is 0 Å². The normalized spacial score (nSPS) is 32.2. The molecule has 0 aromatic rings. The molecule has 1 aliphatic heterocycles. The fourth-order valence-corrected chi connectivity index (χ4v) is 3.22. The van der Waals surface area contributed by atoms with Crippen LogP contribution in [-0.2, 0) is 9.59 Å². The zero-order chi connectivity index (χ0) is 14.9. The van der Waals surface area contributed by atoms with E-state index in [2.05, 4.69) is 12.2 Å². The van der Waals surface area contributed by atoms with Crippen LogP contribution in [0.2, 0.25) is 0 Å². The standard InChI is InChI=1S/C16H28N2O2/c1-5-12(10-11-8-9-11)18-13(6-2)14(19)17-16(4,7-3)15(18)20/h11-13H,5-10H2,1-4H3,(H,17,19). The second kappa shape index (κ2) is 5.74. The molecule has 1 aliphatic carbocycles. The summed E-state index contributed by atoms with van der Waals surface area (Å²) in [6.07, 6.45) is 5.90. The summed E-state index contributed by atoms with van der Waals surface area (Å²) in [5.41, 5.74) is -0.722. The third-order valence-electron chi connectivity index (χ3n) is 5.00. The summed E-state index contributed by atoms with van der Waals surface area (Å²) in [7, 11) is 0. The highest BCUT2D eigenvalue weighted by atomic mass is 16.2. The maximum absolute atomic E-state index is 12.9. The Balaban J connectivity index is 2.26. The average Bonchev–Trinajstić information content (AvgIpc) is 3.24. The Morgan fingerprint density at radius 3 is 2.40 bits per heavy atom. The van der Waals surface area contributed by atoms with Crippen LogP contribution in [0.1, 0.15) is 66.2 Å². The fraction of sp³-hybridized carbons (Fsp3) is 0.875. The minimum absolute atomic E-state index is 0.0192. The predicted molar refractivity (Wildman–Crippen MR) is 79.2 cm³/mol. The van der Waals surface area contributed by atoms with Crippen molar-refractivity contribution in [3.8, 4) is 0 Å². The Kier molecular flexibility index (Phi) is 4.40. The first-order chi connectivity index (χ1) is 9.46. The van der Waals surface area contributed by atoms with Crippen molar-refractivity contribution in [2.24, 2.45) is 5.92 Å². The molecule has 114 valence electrons. The number of amides is 2. The second-order valence-electron chi connectivity index (χ2n) is 6.55. The molecule has 2 aliphatic rings. The van der Waals surface area contributed by atoms with E-state index in [-0.39, 0.29) is 23.9 Å². The van der Waals surface area contributed by atoms with E-state index >= 15 is 0 Å². The lowest BCUT2D eigenvalue weighted by Crippen LogP contribution is -2.70. The maximum Gasteiger partial charge on any atom is 0.248 e. The van der Waals surface area contributed by atoms with E-state index in [0.717, 1.165) is 18.8 Å². The summed E-state index contributed by atoms with van der Waals surface area (Å²) in [6.45, 7) is 7.94. The summed E-state index contributed by atoms with van der Waals surface area (Å²) in [5.74, 6) is 0.896. The molecule has 4 nitrogen and oxygen atoms in total. The summed E-state index contributed by atoms with van der Waals surface area (Å²) in [4.78, 5) is 27.2. The molecular weight excluding hydrogens is 252 g/mol. The first-order valence-electron chi connectivity index (χ1n) is 8.11. The average molecular weight is 280 g/mol. The molecule has 2 amide bonds. The second-order valence-corrected chi connectivity index (χ2v) is 6.55. The van der Waals surface area contributed by atoms with Crippen molar-refractivity contribution in [1.82, 2.24) is 10.2 Å². The van der Waals surface area contributed by atoms with Crippen molar-refractivity contribution >= 4 is 11.8 Å². The molecule has 2 fully saturated rings. The van der Waals surface area contributed by atoms with Gasteiger partial charge in [-0.3, -0.25) is 9.59 Å². The van der Waals surface area contributed by atoms with Gasteiger partial charge in [-0.05, 0) is 38.5 Å². The molecule has 0 spiro atoms. The van der Waals surface area contributed by atoms with E-state index in [1.165, 1.54) is 12.8 Å². The predicted octanol–water partition coefficient (Wildman–Crippen LogP) is 2.47.